The fourth-order valence-electron chi connectivity index (χ4n) is 1.15. The minimum atomic E-state index is -0.993. The first-order valence-corrected chi connectivity index (χ1v) is 3.75. The summed E-state index contributed by atoms with van der Waals surface area (Å²) in [5.74, 6) is -0.981. The normalized spacial score (nSPS) is 9.92. The van der Waals surface area contributed by atoms with Crippen LogP contribution in [0.2, 0.25) is 0 Å². The first kappa shape index (κ1) is 9.31. The van der Waals surface area contributed by atoms with Gasteiger partial charge in [-0.15, -0.1) is 0 Å². The van der Waals surface area contributed by atoms with E-state index < -0.39 is 5.97 Å². The molecular weight excluding hydrogens is 170 g/mol. The Bertz CT molecular complexity index is 354. The predicted octanol–water partition coefficient (Wildman–Crippen LogP) is 0.500. The highest BCUT2D eigenvalue weighted by molar-refractivity contribution is 5.88. The van der Waals surface area contributed by atoms with Gasteiger partial charge in [0.2, 0.25) is 0 Å². The number of carboxylic acid groups (broad SMARTS) is 1. The van der Waals surface area contributed by atoms with Gasteiger partial charge in [-0.05, 0) is 18.6 Å². The van der Waals surface area contributed by atoms with E-state index in [4.69, 9.17) is 16.2 Å². The van der Waals surface area contributed by atoms with Crippen LogP contribution in [0.15, 0.2) is 6.07 Å². The Balaban J connectivity index is 2.95. The lowest BCUT2D eigenvalue weighted by atomic mass is 10.2. The summed E-state index contributed by atoms with van der Waals surface area (Å²) in [6.07, 6.45) is 0.258. The number of nitrogens with one attached hydrogen (secondary N) is 2. The Morgan fingerprint density at radius 2 is 2.38 bits per heavy atom. The third-order valence-electron chi connectivity index (χ3n) is 1.67. The van der Waals surface area contributed by atoms with Crippen molar-refractivity contribution < 1.29 is 9.90 Å². The number of carbonyl (C=O) groups is 1. The Morgan fingerprint density at radius 1 is 1.77 bits per heavy atom. The van der Waals surface area contributed by atoms with E-state index in [1.54, 1.807) is 13.0 Å². The second-order valence-corrected chi connectivity index (χ2v) is 2.86. The number of aryl methyl sites for hydroxylation is 1. The van der Waals surface area contributed by atoms with Gasteiger partial charge in [-0.2, -0.15) is 0 Å². The van der Waals surface area contributed by atoms with Gasteiger partial charge >= 0.3 is 5.97 Å². The Kier molecular flexibility index (Phi) is 2.36. The van der Waals surface area contributed by atoms with E-state index in [1.807, 2.05) is 0 Å². The molecule has 0 radical (unpaired) electrons. The molecule has 1 rings (SSSR count). The molecule has 5 N–H and O–H groups in total. The molecule has 1 aromatic rings. The summed E-state index contributed by atoms with van der Waals surface area (Å²) in [7, 11) is 0. The molecule has 0 aromatic carbocycles. The highest BCUT2D eigenvalue weighted by Crippen LogP contribution is 2.09. The van der Waals surface area contributed by atoms with Gasteiger partial charge in [0, 0.05) is 12.1 Å². The van der Waals surface area contributed by atoms with Gasteiger partial charge in [-0.3, -0.25) is 5.41 Å². The van der Waals surface area contributed by atoms with Gasteiger partial charge in [0.25, 0.3) is 0 Å². The van der Waals surface area contributed by atoms with Crippen LogP contribution in [0.3, 0.4) is 0 Å². The smallest absolute Gasteiger partial charge is 0.352 e. The maximum atomic E-state index is 10.6. The van der Waals surface area contributed by atoms with Crippen molar-refractivity contribution in [1.29, 1.82) is 5.41 Å². The van der Waals surface area contributed by atoms with Crippen LogP contribution in [0.4, 0.5) is 0 Å². The van der Waals surface area contributed by atoms with Crippen molar-refractivity contribution in [2.45, 2.75) is 13.3 Å². The standard InChI is InChI=1S/C8H11N3O2/c1-4-2-5(3-6(9)10)11-7(4)8(12)13/h2,11H,3H2,1H3,(H3,9,10)(H,12,13). The number of H-pyrrole nitrogens is 1. The van der Waals surface area contributed by atoms with Crippen LogP contribution in [0.1, 0.15) is 21.7 Å². The van der Waals surface area contributed by atoms with Crippen molar-refractivity contribution in [3.05, 3.63) is 23.0 Å². The molecule has 0 aliphatic rings. The summed E-state index contributed by atoms with van der Waals surface area (Å²) in [4.78, 5) is 13.3. The fraction of sp³-hybridized carbons (Fsp3) is 0.250. The van der Waals surface area contributed by atoms with E-state index in [9.17, 15) is 4.79 Å². The zero-order chi connectivity index (χ0) is 10.0. The average molecular weight is 181 g/mol. The minimum absolute atomic E-state index is 0.0122. The summed E-state index contributed by atoms with van der Waals surface area (Å²) in [5, 5.41) is 15.7. The number of rotatable bonds is 3. The molecule has 0 amide bonds. The molecule has 1 aromatic heterocycles. The van der Waals surface area contributed by atoms with Crippen LogP contribution in [-0.4, -0.2) is 21.9 Å². The van der Waals surface area contributed by atoms with E-state index in [-0.39, 0.29) is 18.0 Å². The number of aromatic carboxylic acids is 1. The summed E-state index contributed by atoms with van der Waals surface area (Å²) in [5.41, 5.74) is 6.65. The second kappa shape index (κ2) is 3.30. The summed E-state index contributed by atoms with van der Waals surface area (Å²) in [6, 6.07) is 1.69. The molecule has 5 nitrogen and oxygen atoms in total. The molecule has 0 bridgehead atoms. The molecule has 0 aliphatic heterocycles. The van der Waals surface area contributed by atoms with Crippen molar-refractivity contribution >= 4 is 11.8 Å². The summed E-state index contributed by atoms with van der Waals surface area (Å²) in [6.45, 7) is 1.70. The second-order valence-electron chi connectivity index (χ2n) is 2.86. The maximum Gasteiger partial charge on any atom is 0.352 e. The number of carboxylic acids is 1. The zero-order valence-electron chi connectivity index (χ0n) is 7.22. The molecule has 13 heavy (non-hydrogen) atoms. The molecule has 70 valence electrons. The van der Waals surface area contributed by atoms with E-state index in [1.165, 1.54) is 0 Å². The largest absolute Gasteiger partial charge is 0.477 e. The lowest BCUT2D eigenvalue weighted by Crippen LogP contribution is -2.13. The summed E-state index contributed by atoms with van der Waals surface area (Å²) >= 11 is 0. The third kappa shape index (κ3) is 2.08. The third-order valence-corrected chi connectivity index (χ3v) is 1.67. The van der Waals surface area contributed by atoms with Gasteiger partial charge in [-0.25, -0.2) is 4.79 Å². The van der Waals surface area contributed by atoms with Crippen LogP contribution in [-0.2, 0) is 6.42 Å². The Hall–Kier alpha value is -1.78. The topological polar surface area (TPSA) is 103 Å². The number of hydrogen-bond acceptors (Lipinski definition) is 2. The van der Waals surface area contributed by atoms with E-state index in [0.29, 0.717) is 11.3 Å². The van der Waals surface area contributed by atoms with Crippen molar-refractivity contribution in [3.63, 3.8) is 0 Å². The van der Waals surface area contributed by atoms with Crippen LogP contribution in [0.5, 0.6) is 0 Å². The summed E-state index contributed by atoms with van der Waals surface area (Å²) < 4.78 is 0. The number of aromatic nitrogens is 1. The Morgan fingerprint density at radius 3 is 2.77 bits per heavy atom. The molecule has 0 spiro atoms. The highest BCUT2D eigenvalue weighted by Gasteiger charge is 2.10. The number of amidine groups is 1. The van der Waals surface area contributed by atoms with Gasteiger partial charge < -0.3 is 15.8 Å². The monoisotopic (exact) mass is 181 g/mol. The zero-order valence-corrected chi connectivity index (χ0v) is 7.22. The van der Waals surface area contributed by atoms with E-state index >= 15 is 0 Å². The van der Waals surface area contributed by atoms with Gasteiger partial charge in [0.15, 0.2) is 0 Å². The lowest BCUT2D eigenvalue weighted by Gasteiger charge is -1.93. The van der Waals surface area contributed by atoms with Crippen molar-refractivity contribution in [1.82, 2.24) is 4.98 Å². The average Bonchev–Trinajstić information content (AvgIpc) is 2.29. The van der Waals surface area contributed by atoms with Gasteiger partial charge in [-0.1, -0.05) is 0 Å². The van der Waals surface area contributed by atoms with E-state index in [0.717, 1.165) is 0 Å². The van der Waals surface area contributed by atoms with Gasteiger partial charge in [0.1, 0.15) is 5.69 Å². The quantitative estimate of drug-likeness (QED) is 0.403. The van der Waals surface area contributed by atoms with Crippen molar-refractivity contribution in [2.75, 3.05) is 0 Å². The number of nitrogens with two attached hydrogens (primary N) is 1. The minimum Gasteiger partial charge on any atom is -0.477 e. The SMILES string of the molecule is Cc1cc(CC(=N)N)[nH]c1C(=O)O. The highest BCUT2D eigenvalue weighted by atomic mass is 16.4. The van der Waals surface area contributed by atoms with Crippen LogP contribution in [0.25, 0.3) is 0 Å². The van der Waals surface area contributed by atoms with Crippen LogP contribution in [0, 0.1) is 12.3 Å². The molecule has 0 atom stereocenters. The molecule has 0 aliphatic carbocycles. The molecule has 5 heteroatoms. The van der Waals surface area contributed by atoms with Crippen LogP contribution >= 0.6 is 0 Å². The molecule has 0 saturated heterocycles. The molecule has 0 fully saturated rings. The number of aromatic amines is 1. The predicted molar refractivity (Wildman–Crippen MR) is 48.1 cm³/mol. The van der Waals surface area contributed by atoms with Gasteiger partial charge in [0.05, 0.1) is 5.84 Å². The lowest BCUT2D eigenvalue weighted by molar-refractivity contribution is 0.0690. The number of hydrogen-bond donors (Lipinski definition) is 4. The molecular formula is C8H11N3O2. The van der Waals surface area contributed by atoms with Crippen LogP contribution < -0.4 is 5.73 Å². The molecule has 1 heterocycles. The molecule has 0 saturated carbocycles. The first-order valence-electron chi connectivity index (χ1n) is 3.75. The maximum absolute atomic E-state index is 10.6. The molecule has 0 unspecified atom stereocenters. The van der Waals surface area contributed by atoms with E-state index in [2.05, 4.69) is 4.98 Å². The Labute approximate surface area is 75.1 Å². The first-order chi connectivity index (χ1) is 6.00. The van der Waals surface area contributed by atoms with Crippen molar-refractivity contribution in [3.8, 4) is 0 Å². The fourth-order valence-corrected chi connectivity index (χ4v) is 1.15. The van der Waals surface area contributed by atoms with Crippen molar-refractivity contribution in [2.24, 2.45) is 5.73 Å².